The number of anilines is 1. The van der Waals surface area contributed by atoms with Gasteiger partial charge >= 0.3 is 0 Å². The zero-order chi connectivity index (χ0) is 21.3. The van der Waals surface area contributed by atoms with Crippen LogP contribution < -0.4 is 10.2 Å². The monoisotopic (exact) mass is 546 g/mol. The number of hydrogen-bond donors (Lipinski definition) is 1. The highest BCUT2D eigenvalue weighted by atomic mass is 127. The van der Waals surface area contributed by atoms with Gasteiger partial charge in [0.25, 0.3) is 0 Å². The Bertz CT molecular complexity index is 854. The van der Waals surface area contributed by atoms with Crippen LogP contribution in [0.1, 0.15) is 24.0 Å². The number of guanidine groups is 1. The first-order chi connectivity index (χ1) is 15.3. The maximum Gasteiger partial charge on any atom is 0.194 e. The number of nitrogens with one attached hydrogen (secondary N) is 1. The molecular weight excluding hydrogens is 511 g/mol. The topological polar surface area (TPSA) is 47.0 Å². The summed E-state index contributed by atoms with van der Waals surface area (Å²) >= 11 is 0. The minimum Gasteiger partial charge on any atom is -0.357 e. The third-order valence-electron chi connectivity index (χ3n) is 6.05. The largest absolute Gasteiger partial charge is 0.357 e. The van der Waals surface area contributed by atoms with E-state index in [4.69, 9.17) is 0 Å². The molecule has 0 saturated carbocycles. The van der Waals surface area contributed by atoms with E-state index in [1.807, 2.05) is 13.2 Å². The lowest BCUT2D eigenvalue weighted by Gasteiger charge is -2.36. The predicted molar refractivity (Wildman–Crippen MR) is 145 cm³/mol. The second-order valence-corrected chi connectivity index (χ2v) is 8.22. The van der Waals surface area contributed by atoms with Crippen molar-refractivity contribution < 1.29 is 0 Å². The van der Waals surface area contributed by atoms with Gasteiger partial charge in [0.05, 0.1) is 0 Å². The van der Waals surface area contributed by atoms with E-state index >= 15 is 0 Å². The minimum atomic E-state index is 0. The number of piperazine rings is 1. The van der Waals surface area contributed by atoms with Crippen molar-refractivity contribution in [2.45, 2.75) is 19.4 Å². The molecule has 6 nitrogen and oxygen atoms in total. The van der Waals surface area contributed by atoms with Crippen LogP contribution in [0.3, 0.4) is 0 Å². The number of hydrogen-bond acceptors (Lipinski definition) is 4. The van der Waals surface area contributed by atoms with Gasteiger partial charge in [0, 0.05) is 65.6 Å². The second-order valence-electron chi connectivity index (χ2n) is 8.22. The molecule has 32 heavy (non-hydrogen) atoms. The zero-order valence-corrected chi connectivity index (χ0v) is 21.3. The lowest BCUT2D eigenvalue weighted by atomic mass is 10.2. The Morgan fingerprint density at radius 3 is 2.41 bits per heavy atom. The van der Waals surface area contributed by atoms with Crippen molar-refractivity contribution in [1.29, 1.82) is 0 Å². The number of nitrogens with zero attached hydrogens (tertiary/aromatic N) is 5. The minimum absolute atomic E-state index is 0. The molecule has 2 aliphatic heterocycles. The molecule has 3 heterocycles. The van der Waals surface area contributed by atoms with Crippen LogP contribution in [-0.4, -0.2) is 73.6 Å². The zero-order valence-electron chi connectivity index (χ0n) is 19.0. The first-order valence-corrected chi connectivity index (χ1v) is 11.4. The van der Waals surface area contributed by atoms with E-state index in [2.05, 4.69) is 84.6 Å². The van der Waals surface area contributed by atoms with Crippen LogP contribution in [0.5, 0.6) is 0 Å². The van der Waals surface area contributed by atoms with Crippen molar-refractivity contribution in [3.05, 3.63) is 65.9 Å². The summed E-state index contributed by atoms with van der Waals surface area (Å²) in [5.74, 6) is 2.08. The molecule has 0 unspecified atom stereocenters. The molecule has 1 N–H and O–H groups in total. The molecule has 172 valence electrons. The van der Waals surface area contributed by atoms with Crippen molar-refractivity contribution in [3.8, 4) is 0 Å². The number of rotatable bonds is 6. The lowest BCUT2D eigenvalue weighted by Crippen LogP contribution is -2.52. The maximum atomic E-state index is 4.66. The number of halogens is 1. The predicted octanol–water partition coefficient (Wildman–Crippen LogP) is 3.71. The van der Waals surface area contributed by atoms with Crippen LogP contribution in [0.4, 0.5) is 5.82 Å². The summed E-state index contributed by atoms with van der Waals surface area (Å²) < 4.78 is 0. The van der Waals surface area contributed by atoms with Crippen LogP contribution >= 0.6 is 24.0 Å². The molecule has 0 spiro atoms. The third-order valence-corrected chi connectivity index (χ3v) is 6.05. The third kappa shape index (κ3) is 6.93. The van der Waals surface area contributed by atoms with Gasteiger partial charge in [0.15, 0.2) is 5.96 Å². The Morgan fingerprint density at radius 2 is 1.75 bits per heavy atom. The first-order valence-electron chi connectivity index (χ1n) is 11.4. The molecule has 2 aliphatic rings. The van der Waals surface area contributed by atoms with Crippen molar-refractivity contribution in [2.24, 2.45) is 4.99 Å². The van der Waals surface area contributed by atoms with Crippen molar-refractivity contribution in [2.75, 3.05) is 57.8 Å². The SMILES string of the molecule is CN=C(NCc1ccc(N2CCCC2)nc1)N1CCN(C/C=C/c2ccccc2)CC1.I. The van der Waals surface area contributed by atoms with E-state index in [9.17, 15) is 0 Å². The van der Waals surface area contributed by atoms with Crippen LogP contribution in [0.25, 0.3) is 6.08 Å². The summed E-state index contributed by atoms with van der Waals surface area (Å²) in [5.41, 5.74) is 2.45. The Hall–Kier alpha value is -2.13. The molecule has 0 bridgehead atoms. The smallest absolute Gasteiger partial charge is 0.194 e. The van der Waals surface area contributed by atoms with Gasteiger partial charge in [-0.2, -0.15) is 0 Å². The Kier molecular flexibility index (Phi) is 9.80. The molecule has 0 atom stereocenters. The average molecular weight is 547 g/mol. The molecule has 2 fully saturated rings. The molecule has 7 heteroatoms. The van der Waals surface area contributed by atoms with Crippen molar-refractivity contribution in [3.63, 3.8) is 0 Å². The fourth-order valence-corrected chi connectivity index (χ4v) is 4.21. The van der Waals surface area contributed by atoms with Gasteiger partial charge in [-0.15, -0.1) is 24.0 Å². The first kappa shape index (κ1) is 24.5. The fraction of sp³-hybridized carbons (Fsp3) is 0.440. The standard InChI is InChI=1S/C25H34N6.HI/c1-26-25(28-21-23-11-12-24(27-20-23)30-14-5-6-15-30)31-18-16-29(17-19-31)13-7-10-22-8-3-2-4-9-22;/h2-4,7-12,20H,5-6,13-19,21H2,1H3,(H,26,28);1H/b10-7+;. The van der Waals surface area contributed by atoms with Gasteiger partial charge in [-0.3, -0.25) is 9.89 Å². The molecule has 0 radical (unpaired) electrons. The van der Waals surface area contributed by atoms with Crippen LogP contribution in [-0.2, 0) is 6.54 Å². The summed E-state index contributed by atoms with van der Waals surface area (Å²) in [5, 5.41) is 3.51. The maximum absolute atomic E-state index is 4.66. The van der Waals surface area contributed by atoms with E-state index in [1.54, 1.807) is 0 Å². The van der Waals surface area contributed by atoms with E-state index in [0.717, 1.165) is 64.1 Å². The van der Waals surface area contributed by atoms with Crippen LogP contribution in [0.15, 0.2) is 59.7 Å². The van der Waals surface area contributed by atoms with Crippen LogP contribution in [0, 0.1) is 0 Å². The summed E-state index contributed by atoms with van der Waals surface area (Å²) in [6, 6.07) is 14.8. The quantitative estimate of drug-likeness (QED) is 0.340. The number of aliphatic imine (C=N–C) groups is 1. The normalized spacial score (nSPS) is 17.6. The van der Waals surface area contributed by atoms with Gasteiger partial charge in [0.2, 0.25) is 0 Å². The van der Waals surface area contributed by atoms with Crippen molar-refractivity contribution >= 4 is 41.8 Å². The lowest BCUT2D eigenvalue weighted by molar-refractivity contribution is 0.194. The number of pyridine rings is 1. The second kappa shape index (κ2) is 12.8. The van der Waals surface area contributed by atoms with Gasteiger partial charge in [0.1, 0.15) is 5.82 Å². The molecule has 0 aliphatic carbocycles. The summed E-state index contributed by atoms with van der Waals surface area (Å²) in [6.07, 6.45) is 9.01. The summed E-state index contributed by atoms with van der Waals surface area (Å²) in [7, 11) is 1.87. The van der Waals surface area contributed by atoms with Gasteiger partial charge in [-0.1, -0.05) is 48.6 Å². The van der Waals surface area contributed by atoms with Crippen molar-refractivity contribution in [1.82, 2.24) is 20.1 Å². The highest BCUT2D eigenvalue weighted by Crippen LogP contribution is 2.17. The summed E-state index contributed by atoms with van der Waals surface area (Å²) in [4.78, 5) is 16.4. The molecule has 2 saturated heterocycles. The van der Waals surface area contributed by atoms with Crippen LogP contribution in [0.2, 0.25) is 0 Å². The fourth-order valence-electron chi connectivity index (χ4n) is 4.21. The summed E-state index contributed by atoms with van der Waals surface area (Å²) in [6.45, 7) is 8.08. The van der Waals surface area contributed by atoms with Gasteiger partial charge in [-0.25, -0.2) is 4.98 Å². The highest BCUT2D eigenvalue weighted by Gasteiger charge is 2.19. The number of aromatic nitrogens is 1. The molecule has 1 aromatic heterocycles. The Morgan fingerprint density at radius 1 is 1.00 bits per heavy atom. The molecular formula is C25H35IN6. The molecule has 2 aromatic rings. The van der Waals surface area contributed by atoms with Gasteiger partial charge < -0.3 is 15.1 Å². The van der Waals surface area contributed by atoms with E-state index in [-0.39, 0.29) is 24.0 Å². The van der Waals surface area contributed by atoms with Gasteiger partial charge in [-0.05, 0) is 30.0 Å². The Balaban J connectivity index is 0.00000289. The highest BCUT2D eigenvalue weighted by molar-refractivity contribution is 14.0. The van der Waals surface area contributed by atoms with E-state index < -0.39 is 0 Å². The molecule has 1 aromatic carbocycles. The average Bonchev–Trinajstić information content (AvgIpc) is 3.37. The Labute approximate surface area is 209 Å². The number of benzene rings is 1. The molecule has 0 amide bonds. The van der Waals surface area contributed by atoms with E-state index in [0.29, 0.717) is 0 Å². The molecule has 4 rings (SSSR count). The van der Waals surface area contributed by atoms with E-state index in [1.165, 1.54) is 24.0 Å².